The quantitative estimate of drug-likeness (QED) is 0.218. The molecule has 0 fully saturated rings. The normalized spacial score (nSPS) is 14.2. The predicted octanol–water partition coefficient (Wildman–Crippen LogP) is 4.56. The zero-order valence-corrected chi connectivity index (χ0v) is 14.9. The number of halogens is 4. The molecule has 1 aromatic carbocycles. The fourth-order valence-corrected chi connectivity index (χ4v) is 3.23. The third-order valence-corrected chi connectivity index (χ3v) is 4.20. The van der Waals surface area contributed by atoms with E-state index in [1.54, 1.807) is 32.1 Å². The van der Waals surface area contributed by atoms with Gasteiger partial charge in [-0.2, -0.15) is 13.2 Å². The summed E-state index contributed by atoms with van der Waals surface area (Å²) in [7, 11) is 3.46. The third-order valence-electron chi connectivity index (χ3n) is 3.04. The molecule has 1 rings (SSSR count). The fraction of sp³-hybridized carbons (Fsp3) is 0.353. The largest absolute Gasteiger partial charge is 0.408 e. The van der Waals surface area contributed by atoms with Gasteiger partial charge in [0.2, 0.25) is 0 Å². The van der Waals surface area contributed by atoms with Crippen LogP contribution in [-0.2, 0) is 4.79 Å². The Balaban J connectivity index is 3.22. The predicted molar refractivity (Wildman–Crippen MR) is 92.1 cm³/mol. The molecule has 8 heteroatoms. The first-order valence-electron chi connectivity index (χ1n) is 7.46. The van der Waals surface area contributed by atoms with E-state index in [0.29, 0.717) is 11.2 Å². The second-order valence-electron chi connectivity index (χ2n) is 5.31. The van der Waals surface area contributed by atoms with Crippen LogP contribution in [0.2, 0.25) is 0 Å². The lowest BCUT2D eigenvalue weighted by atomic mass is 10.1. The molecule has 0 aliphatic carbocycles. The first-order valence-corrected chi connectivity index (χ1v) is 8.23. The van der Waals surface area contributed by atoms with Crippen LogP contribution < -0.4 is 0 Å². The van der Waals surface area contributed by atoms with Crippen LogP contribution in [0.15, 0.2) is 47.5 Å². The van der Waals surface area contributed by atoms with Crippen LogP contribution in [0, 0.1) is 5.82 Å². The van der Waals surface area contributed by atoms with Gasteiger partial charge in [0.1, 0.15) is 18.1 Å². The van der Waals surface area contributed by atoms with Crippen molar-refractivity contribution in [2.24, 2.45) is 0 Å². The number of carbonyl (C=O) groups excluding carboxylic acids is 1. The lowest BCUT2D eigenvalue weighted by molar-refractivity contribution is -0.172. The summed E-state index contributed by atoms with van der Waals surface area (Å²) >= 11 is 0.885. The number of carbonyl (C=O) groups is 1. The van der Waals surface area contributed by atoms with E-state index in [1.165, 1.54) is 12.2 Å². The van der Waals surface area contributed by atoms with Gasteiger partial charge in [0.05, 0.1) is 0 Å². The second-order valence-corrected chi connectivity index (χ2v) is 6.43. The molecule has 0 amide bonds. The summed E-state index contributed by atoms with van der Waals surface area (Å²) in [6.45, 7) is 1.69. The molecule has 0 spiro atoms. The van der Waals surface area contributed by atoms with Gasteiger partial charge < -0.3 is 4.90 Å². The van der Waals surface area contributed by atoms with Gasteiger partial charge in [-0.1, -0.05) is 19.1 Å². The van der Waals surface area contributed by atoms with Crippen LogP contribution in [-0.4, -0.2) is 42.3 Å². The van der Waals surface area contributed by atoms with Crippen LogP contribution >= 0.6 is 11.9 Å². The number of allylic oxidation sites excluding steroid dienone is 2. The van der Waals surface area contributed by atoms with Crippen molar-refractivity contribution < 1.29 is 22.4 Å². The van der Waals surface area contributed by atoms with E-state index in [0.717, 1.165) is 40.5 Å². The van der Waals surface area contributed by atoms with Crippen LogP contribution in [0.3, 0.4) is 0 Å². The van der Waals surface area contributed by atoms with E-state index in [4.69, 9.17) is 0 Å². The molecule has 0 heterocycles. The number of aldehydes is 1. The van der Waals surface area contributed by atoms with E-state index < -0.39 is 18.0 Å². The molecule has 138 valence electrons. The van der Waals surface area contributed by atoms with Gasteiger partial charge in [-0.3, -0.25) is 4.79 Å². The van der Waals surface area contributed by atoms with Gasteiger partial charge in [-0.15, -0.1) is 0 Å². The summed E-state index contributed by atoms with van der Waals surface area (Å²) in [6, 6.07) is 2.38. The minimum Gasteiger partial charge on any atom is -0.383 e. The van der Waals surface area contributed by atoms with Crippen molar-refractivity contribution in [3.8, 4) is 0 Å². The smallest absolute Gasteiger partial charge is 0.383 e. The fourth-order valence-electron chi connectivity index (χ4n) is 2.08. The SMILES string of the molecule is CCN(SC(/C=C\C=O)=C/N(C)C)[C@H](c1ccc(F)cc1)C(F)(F)F. The Hall–Kier alpha value is -1.80. The highest BCUT2D eigenvalue weighted by molar-refractivity contribution is 8.01. The highest BCUT2D eigenvalue weighted by atomic mass is 32.2. The molecule has 0 saturated carbocycles. The molecular weight excluding hydrogens is 356 g/mol. The highest BCUT2D eigenvalue weighted by Gasteiger charge is 2.44. The summed E-state index contributed by atoms with van der Waals surface area (Å²) < 4.78 is 55.2. The maximum absolute atomic E-state index is 13.7. The summed E-state index contributed by atoms with van der Waals surface area (Å²) in [6.07, 6.45) is 0.292. The van der Waals surface area contributed by atoms with E-state index in [9.17, 15) is 22.4 Å². The van der Waals surface area contributed by atoms with Crippen LogP contribution in [0.5, 0.6) is 0 Å². The van der Waals surface area contributed by atoms with Crippen LogP contribution in [0.1, 0.15) is 18.5 Å². The molecule has 3 nitrogen and oxygen atoms in total. The molecule has 0 saturated heterocycles. The van der Waals surface area contributed by atoms with Crippen molar-refractivity contribution in [3.63, 3.8) is 0 Å². The van der Waals surface area contributed by atoms with Crippen molar-refractivity contribution >= 4 is 18.2 Å². The Labute approximate surface area is 149 Å². The average Bonchev–Trinajstić information content (AvgIpc) is 2.51. The molecule has 1 aromatic rings. The van der Waals surface area contributed by atoms with Gasteiger partial charge in [0, 0.05) is 31.7 Å². The molecule has 0 aliphatic rings. The van der Waals surface area contributed by atoms with Gasteiger partial charge in [-0.25, -0.2) is 8.70 Å². The van der Waals surface area contributed by atoms with Gasteiger partial charge in [0.25, 0.3) is 0 Å². The summed E-state index contributed by atoms with van der Waals surface area (Å²) in [5, 5.41) is 0. The van der Waals surface area contributed by atoms with Crippen LogP contribution in [0.25, 0.3) is 0 Å². The van der Waals surface area contributed by atoms with Crippen molar-refractivity contribution in [2.75, 3.05) is 20.6 Å². The average molecular weight is 376 g/mol. The third kappa shape index (κ3) is 6.91. The number of rotatable bonds is 8. The van der Waals surface area contributed by atoms with E-state index in [2.05, 4.69) is 0 Å². The lowest BCUT2D eigenvalue weighted by Gasteiger charge is -2.32. The second kappa shape index (κ2) is 9.62. The lowest BCUT2D eigenvalue weighted by Crippen LogP contribution is -2.34. The maximum Gasteiger partial charge on any atom is 0.408 e. The molecule has 0 aliphatic heterocycles. The number of nitrogens with zero attached hydrogens (tertiary/aromatic N) is 2. The van der Waals surface area contributed by atoms with Crippen molar-refractivity contribution in [3.05, 3.63) is 58.9 Å². The standard InChI is InChI=1S/C17H20F4N2OS/c1-4-23(25-15(6-5-11-24)12-22(2)3)16(17(19,20)21)13-7-9-14(18)10-8-13/h5-12,16H,4H2,1-3H3/b6-5-,15-12+/t16-/m1/s1. The topological polar surface area (TPSA) is 23.6 Å². The molecule has 25 heavy (non-hydrogen) atoms. The highest BCUT2D eigenvalue weighted by Crippen LogP contribution is 2.42. The molecule has 0 N–H and O–H groups in total. The summed E-state index contributed by atoms with van der Waals surface area (Å²) in [5.74, 6) is -0.595. The first kappa shape index (κ1) is 21.2. The van der Waals surface area contributed by atoms with Crippen LogP contribution in [0.4, 0.5) is 17.6 Å². The Bertz CT molecular complexity index is 612. The monoisotopic (exact) mass is 376 g/mol. The Morgan fingerprint density at radius 3 is 2.28 bits per heavy atom. The molecule has 0 radical (unpaired) electrons. The van der Waals surface area contributed by atoms with Crippen molar-refractivity contribution in [1.82, 2.24) is 9.21 Å². The first-order chi connectivity index (χ1) is 11.7. The van der Waals surface area contributed by atoms with E-state index >= 15 is 0 Å². The van der Waals surface area contributed by atoms with Gasteiger partial charge in [0.15, 0.2) is 0 Å². The van der Waals surface area contributed by atoms with Gasteiger partial charge in [-0.05, 0) is 41.8 Å². The molecular formula is C17H20F4N2OS. The van der Waals surface area contributed by atoms with Crippen molar-refractivity contribution in [1.29, 1.82) is 0 Å². The van der Waals surface area contributed by atoms with Gasteiger partial charge >= 0.3 is 6.18 Å². The molecule has 0 aromatic heterocycles. The Morgan fingerprint density at radius 1 is 1.24 bits per heavy atom. The Kier molecular flexibility index (Phi) is 8.18. The zero-order chi connectivity index (χ0) is 19.0. The summed E-state index contributed by atoms with van der Waals surface area (Å²) in [4.78, 5) is 12.7. The van der Waals surface area contributed by atoms with E-state index in [1.807, 2.05) is 0 Å². The number of hydrogen-bond acceptors (Lipinski definition) is 4. The maximum atomic E-state index is 13.7. The minimum atomic E-state index is -4.54. The minimum absolute atomic E-state index is 0.0492. The molecule has 1 atom stereocenters. The molecule has 0 bridgehead atoms. The molecule has 0 unspecified atom stereocenters. The van der Waals surface area contributed by atoms with Crippen molar-refractivity contribution in [2.45, 2.75) is 19.1 Å². The Morgan fingerprint density at radius 2 is 1.84 bits per heavy atom. The number of benzene rings is 1. The van der Waals surface area contributed by atoms with E-state index in [-0.39, 0.29) is 12.1 Å². The number of hydrogen-bond donors (Lipinski definition) is 0. The summed E-state index contributed by atoms with van der Waals surface area (Å²) in [5.41, 5.74) is -0.0492. The zero-order valence-electron chi connectivity index (χ0n) is 14.1. The number of alkyl halides is 3.